The van der Waals surface area contributed by atoms with Gasteiger partial charge in [-0.2, -0.15) is 0 Å². The molecule has 0 radical (unpaired) electrons. The van der Waals surface area contributed by atoms with Gasteiger partial charge in [0.15, 0.2) is 0 Å². The molecular formula is C22H31ClN2O2S. The largest absolute Gasteiger partial charge is 0.342 e. The second kappa shape index (κ2) is 10.0. The molecule has 0 atom stereocenters. The average Bonchev–Trinajstić information content (AvgIpc) is 3.11. The van der Waals surface area contributed by atoms with Crippen molar-refractivity contribution in [1.82, 2.24) is 9.80 Å². The van der Waals surface area contributed by atoms with Crippen LogP contribution in [0.2, 0.25) is 5.02 Å². The third kappa shape index (κ3) is 5.04. The summed E-state index contributed by atoms with van der Waals surface area (Å²) in [6.45, 7) is 4.49. The number of piperidine rings is 1. The fraction of sp³-hybridized carbons (Fsp3) is 0.636. The molecule has 2 amide bonds. The highest BCUT2D eigenvalue weighted by Gasteiger charge is 2.46. The minimum atomic E-state index is -0.158. The van der Waals surface area contributed by atoms with E-state index in [4.69, 9.17) is 11.6 Å². The van der Waals surface area contributed by atoms with Gasteiger partial charge in [0, 0.05) is 42.4 Å². The molecule has 0 unspecified atom stereocenters. The molecule has 1 aromatic rings. The average molecular weight is 423 g/mol. The van der Waals surface area contributed by atoms with Gasteiger partial charge in [0.2, 0.25) is 5.91 Å². The smallest absolute Gasteiger partial charge is 0.254 e. The van der Waals surface area contributed by atoms with Crippen LogP contribution in [0.1, 0.15) is 68.6 Å². The molecule has 2 aliphatic heterocycles. The number of carbonyl (C=O) groups is 2. The first kappa shape index (κ1) is 21.5. The summed E-state index contributed by atoms with van der Waals surface area (Å²) in [7, 11) is 0. The van der Waals surface area contributed by atoms with Gasteiger partial charge in [0.05, 0.1) is 4.87 Å². The SMILES string of the molecule is CCCCCCCC(=O)N1CCC2(CC1)SCCN2C(=O)c1ccc(Cl)cc1. The van der Waals surface area contributed by atoms with Crippen LogP contribution in [-0.2, 0) is 4.79 Å². The van der Waals surface area contributed by atoms with E-state index in [0.29, 0.717) is 17.0 Å². The van der Waals surface area contributed by atoms with Crippen LogP contribution >= 0.6 is 23.4 Å². The Balaban J connectivity index is 1.53. The zero-order chi connectivity index (χ0) is 20.0. The number of halogens is 1. The van der Waals surface area contributed by atoms with E-state index in [9.17, 15) is 9.59 Å². The Morgan fingerprint density at radius 1 is 1.04 bits per heavy atom. The number of likely N-dealkylation sites (tertiary alicyclic amines) is 1. The third-order valence-electron chi connectivity index (χ3n) is 5.91. The molecular weight excluding hydrogens is 392 g/mol. The summed E-state index contributed by atoms with van der Waals surface area (Å²) < 4.78 is 0. The summed E-state index contributed by atoms with van der Waals surface area (Å²) in [6.07, 6.45) is 8.24. The van der Waals surface area contributed by atoms with Crippen LogP contribution in [0, 0.1) is 0 Å². The Bertz CT molecular complexity index is 672. The van der Waals surface area contributed by atoms with E-state index < -0.39 is 0 Å². The van der Waals surface area contributed by atoms with Crippen molar-refractivity contribution in [1.29, 1.82) is 0 Å². The van der Waals surface area contributed by atoms with Gasteiger partial charge in [-0.15, -0.1) is 11.8 Å². The molecule has 0 bridgehead atoms. The van der Waals surface area contributed by atoms with Crippen molar-refractivity contribution < 1.29 is 9.59 Å². The van der Waals surface area contributed by atoms with Crippen LogP contribution in [0.5, 0.6) is 0 Å². The van der Waals surface area contributed by atoms with Crippen LogP contribution in [0.4, 0.5) is 0 Å². The van der Waals surface area contributed by atoms with Gasteiger partial charge >= 0.3 is 0 Å². The number of benzene rings is 1. The standard InChI is InChI=1S/C22H31ClN2O2S/c1-2-3-4-5-6-7-20(26)24-14-12-22(13-15-24)25(16-17-28-22)21(27)18-8-10-19(23)11-9-18/h8-11H,2-7,12-17H2,1H3. The van der Waals surface area contributed by atoms with Crippen LogP contribution < -0.4 is 0 Å². The first-order valence-corrected chi connectivity index (χ1v) is 11.9. The maximum Gasteiger partial charge on any atom is 0.254 e. The third-order valence-corrected chi connectivity index (χ3v) is 7.71. The molecule has 154 valence electrons. The number of thioether (sulfide) groups is 1. The van der Waals surface area contributed by atoms with Gasteiger partial charge in [-0.1, -0.05) is 44.2 Å². The van der Waals surface area contributed by atoms with Gasteiger partial charge in [-0.05, 0) is 43.5 Å². The summed E-state index contributed by atoms with van der Waals surface area (Å²) >= 11 is 7.84. The van der Waals surface area contributed by atoms with Crippen LogP contribution in [-0.4, -0.2) is 51.9 Å². The van der Waals surface area contributed by atoms with Crippen molar-refractivity contribution in [3.8, 4) is 0 Å². The molecule has 1 spiro atoms. The molecule has 0 saturated carbocycles. The minimum Gasteiger partial charge on any atom is -0.342 e. The Morgan fingerprint density at radius 2 is 1.71 bits per heavy atom. The van der Waals surface area contributed by atoms with Crippen molar-refractivity contribution in [3.05, 3.63) is 34.9 Å². The molecule has 1 aromatic carbocycles. The maximum absolute atomic E-state index is 13.1. The normalized spacial score (nSPS) is 18.6. The minimum absolute atomic E-state index is 0.0809. The molecule has 28 heavy (non-hydrogen) atoms. The Hall–Kier alpha value is -1.20. The predicted octanol–water partition coefficient (Wildman–Crippen LogP) is 5.21. The first-order chi connectivity index (χ1) is 13.6. The molecule has 0 N–H and O–H groups in total. The summed E-state index contributed by atoms with van der Waals surface area (Å²) in [5.41, 5.74) is 0.692. The van der Waals surface area contributed by atoms with E-state index in [1.54, 1.807) is 24.3 Å². The number of nitrogens with zero attached hydrogens (tertiary/aromatic N) is 2. The van der Waals surface area contributed by atoms with E-state index in [1.807, 2.05) is 21.6 Å². The van der Waals surface area contributed by atoms with E-state index in [2.05, 4.69) is 6.92 Å². The Labute approximate surface area is 178 Å². The molecule has 0 aliphatic carbocycles. The van der Waals surface area contributed by atoms with Gasteiger partial charge in [-0.3, -0.25) is 9.59 Å². The quantitative estimate of drug-likeness (QED) is 0.566. The number of carbonyl (C=O) groups excluding carboxylic acids is 2. The molecule has 3 rings (SSSR count). The van der Waals surface area contributed by atoms with Crippen LogP contribution in [0.15, 0.2) is 24.3 Å². The van der Waals surface area contributed by atoms with Crippen molar-refractivity contribution >= 4 is 35.2 Å². The van der Waals surface area contributed by atoms with E-state index >= 15 is 0 Å². The highest BCUT2D eigenvalue weighted by Crippen LogP contribution is 2.44. The van der Waals surface area contributed by atoms with Crippen LogP contribution in [0.25, 0.3) is 0 Å². The van der Waals surface area contributed by atoms with E-state index in [1.165, 1.54) is 19.3 Å². The van der Waals surface area contributed by atoms with Gasteiger partial charge < -0.3 is 9.80 Å². The molecule has 0 aromatic heterocycles. The summed E-state index contributed by atoms with van der Waals surface area (Å²) in [6, 6.07) is 7.15. The van der Waals surface area contributed by atoms with E-state index in [0.717, 1.165) is 51.1 Å². The highest BCUT2D eigenvalue weighted by molar-refractivity contribution is 8.00. The lowest BCUT2D eigenvalue weighted by Gasteiger charge is -2.44. The maximum atomic E-state index is 13.1. The van der Waals surface area contributed by atoms with Crippen molar-refractivity contribution in [2.75, 3.05) is 25.4 Å². The molecule has 2 saturated heterocycles. The lowest BCUT2D eigenvalue weighted by molar-refractivity contribution is -0.132. The fourth-order valence-electron chi connectivity index (χ4n) is 4.20. The van der Waals surface area contributed by atoms with Crippen molar-refractivity contribution in [3.63, 3.8) is 0 Å². The monoisotopic (exact) mass is 422 g/mol. The van der Waals surface area contributed by atoms with Gasteiger partial charge in [0.25, 0.3) is 5.91 Å². The second-order valence-corrected chi connectivity index (χ2v) is 9.70. The first-order valence-electron chi connectivity index (χ1n) is 10.5. The molecule has 6 heteroatoms. The van der Waals surface area contributed by atoms with Crippen LogP contribution in [0.3, 0.4) is 0 Å². The highest BCUT2D eigenvalue weighted by atomic mass is 35.5. The lowest BCUT2D eigenvalue weighted by atomic mass is 10.00. The molecule has 4 nitrogen and oxygen atoms in total. The summed E-state index contributed by atoms with van der Waals surface area (Å²) in [4.78, 5) is 29.5. The number of hydrogen-bond donors (Lipinski definition) is 0. The van der Waals surface area contributed by atoms with Crippen molar-refractivity contribution in [2.24, 2.45) is 0 Å². The summed E-state index contributed by atoms with van der Waals surface area (Å²) in [5.74, 6) is 1.33. The second-order valence-electron chi connectivity index (χ2n) is 7.80. The Morgan fingerprint density at radius 3 is 2.39 bits per heavy atom. The van der Waals surface area contributed by atoms with Gasteiger partial charge in [-0.25, -0.2) is 0 Å². The molecule has 2 fully saturated rings. The zero-order valence-electron chi connectivity index (χ0n) is 16.8. The predicted molar refractivity (Wildman–Crippen MR) is 117 cm³/mol. The lowest BCUT2D eigenvalue weighted by Crippen LogP contribution is -2.53. The van der Waals surface area contributed by atoms with Gasteiger partial charge in [0.1, 0.15) is 0 Å². The summed E-state index contributed by atoms with van der Waals surface area (Å²) in [5, 5.41) is 0.642. The van der Waals surface area contributed by atoms with E-state index in [-0.39, 0.29) is 16.7 Å². The fourth-order valence-corrected chi connectivity index (χ4v) is 5.78. The topological polar surface area (TPSA) is 40.6 Å². The number of unbranched alkanes of at least 4 members (excludes halogenated alkanes) is 4. The number of hydrogen-bond acceptors (Lipinski definition) is 3. The van der Waals surface area contributed by atoms with Crippen molar-refractivity contribution in [2.45, 2.75) is 63.2 Å². The zero-order valence-corrected chi connectivity index (χ0v) is 18.4. The number of amides is 2. The Kier molecular flexibility index (Phi) is 7.69. The molecule has 2 heterocycles. The number of rotatable bonds is 7. The molecule has 2 aliphatic rings.